The number of halogens is 1. The Hall–Kier alpha value is -0.930. The molecule has 0 unspecified atom stereocenters. The molecule has 84 valence electrons. The van der Waals surface area contributed by atoms with Gasteiger partial charge >= 0.3 is 0 Å². The van der Waals surface area contributed by atoms with Crippen LogP contribution in [0.2, 0.25) is 0 Å². The van der Waals surface area contributed by atoms with E-state index in [0.717, 1.165) is 18.5 Å². The predicted octanol–water partition coefficient (Wildman–Crippen LogP) is 3.51. The van der Waals surface area contributed by atoms with Crippen LogP contribution >= 0.6 is 11.3 Å². The van der Waals surface area contributed by atoms with Crippen LogP contribution in [0.25, 0.3) is 10.1 Å². The highest BCUT2D eigenvalue weighted by Gasteiger charge is 2.18. The van der Waals surface area contributed by atoms with E-state index in [0.29, 0.717) is 5.92 Å². The van der Waals surface area contributed by atoms with Gasteiger partial charge in [-0.05, 0) is 66.4 Å². The first-order chi connectivity index (χ1) is 7.84. The lowest BCUT2D eigenvalue weighted by atomic mass is 9.90. The Labute approximate surface area is 98.3 Å². The summed E-state index contributed by atoms with van der Waals surface area (Å²) in [6.45, 7) is 2.16. The average Bonchev–Trinajstić information content (AvgIpc) is 2.73. The lowest BCUT2D eigenvalue weighted by molar-refractivity contribution is 0.463. The van der Waals surface area contributed by atoms with Crippen molar-refractivity contribution in [2.75, 3.05) is 13.1 Å². The predicted molar refractivity (Wildman–Crippen MR) is 66.6 cm³/mol. The molecule has 1 N–H and O–H groups in total. The minimum Gasteiger partial charge on any atom is -0.317 e. The fourth-order valence-corrected chi connectivity index (χ4v) is 3.49. The van der Waals surface area contributed by atoms with Gasteiger partial charge in [-0.2, -0.15) is 0 Å². The quantitative estimate of drug-likeness (QED) is 0.797. The van der Waals surface area contributed by atoms with Crippen molar-refractivity contribution < 1.29 is 4.39 Å². The maximum absolute atomic E-state index is 13.3. The summed E-state index contributed by atoms with van der Waals surface area (Å²) in [7, 11) is 0. The average molecular weight is 235 g/mol. The Balaban J connectivity index is 2.05. The number of piperidine rings is 1. The Bertz CT molecular complexity index is 500. The van der Waals surface area contributed by atoms with Gasteiger partial charge in [-0.1, -0.05) is 0 Å². The Kier molecular flexibility index (Phi) is 2.65. The normalized spacial score (nSPS) is 18.1. The van der Waals surface area contributed by atoms with Crippen molar-refractivity contribution in [1.29, 1.82) is 0 Å². The number of fused-ring (bicyclic) bond motifs is 1. The summed E-state index contributed by atoms with van der Waals surface area (Å²) in [4.78, 5) is 0. The van der Waals surface area contributed by atoms with Gasteiger partial charge in [0.05, 0.1) is 0 Å². The zero-order valence-corrected chi connectivity index (χ0v) is 9.82. The van der Waals surface area contributed by atoms with Crippen molar-refractivity contribution in [3.8, 4) is 0 Å². The summed E-state index contributed by atoms with van der Waals surface area (Å²) < 4.78 is 14.5. The Morgan fingerprint density at radius 1 is 1.25 bits per heavy atom. The first-order valence-corrected chi connectivity index (χ1v) is 6.60. The van der Waals surface area contributed by atoms with Crippen molar-refractivity contribution in [3.05, 3.63) is 35.0 Å². The fraction of sp³-hybridized carbons (Fsp3) is 0.385. The molecule has 1 aliphatic rings. The van der Waals surface area contributed by atoms with Crippen LogP contribution in [0, 0.1) is 5.82 Å². The zero-order valence-electron chi connectivity index (χ0n) is 9.00. The van der Waals surface area contributed by atoms with Gasteiger partial charge < -0.3 is 5.32 Å². The zero-order chi connectivity index (χ0) is 11.0. The van der Waals surface area contributed by atoms with E-state index in [-0.39, 0.29) is 5.82 Å². The molecule has 16 heavy (non-hydrogen) atoms. The summed E-state index contributed by atoms with van der Waals surface area (Å²) in [6.07, 6.45) is 2.34. The highest BCUT2D eigenvalue weighted by molar-refractivity contribution is 7.17. The molecule has 2 aromatic rings. The van der Waals surface area contributed by atoms with Gasteiger partial charge in [0, 0.05) is 4.70 Å². The topological polar surface area (TPSA) is 12.0 Å². The Morgan fingerprint density at radius 3 is 2.88 bits per heavy atom. The van der Waals surface area contributed by atoms with Gasteiger partial charge in [0.15, 0.2) is 0 Å². The van der Waals surface area contributed by atoms with E-state index in [1.807, 2.05) is 6.07 Å². The number of hydrogen-bond donors (Lipinski definition) is 1. The van der Waals surface area contributed by atoms with Crippen LogP contribution in [0.1, 0.15) is 24.3 Å². The third-order valence-electron chi connectivity index (χ3n) is 3.34. The highest BCUT2D eigenvalue weighted by Crippen LogP contribution is 2.35. The van der Waals surface area contributed by atoms with Crippen molar-refractivity contribution >= 4 is 21.4 Å². The summed E-state index contributed by atoms with van der Waals surface area (Å²) in [5.41, 5.74) is 1.35. The third-order valence-corrected chi connectivity index (χ3v) is 4.33. The van der Waals surface area contributed by atoms with E-state index in [1.165, 1.54) is 23.1 Å². The van der Waals surface area contributed by atoms with Crippen molar-refractivity contribution in [1.82, 2.24) is 5.32 Å². The van der Waals surface area contributed by atoms with Gasteiger partial charge in [-0.15, -0.1) is 11.3 Å². The van der Waals surface area contributed by atoms with Gasteiger partial charge in [0.1, 0.15) is 5.82 Å². The lowest BCUT2D eigenvalue weighted by Gasteiger charge is -2.22. The molecule has 0 bridgehead atoms. The van der Waals surface area contributed by atoms with E-state index in [4.69, 9.17) is 0 Å². The molecule has 1 fully saturated rings. The fourth-order valence-electron chi connectivity index (χ4n) is 2.47. The largest absolute Gasteiger partial charge is 0.317 e. The number of benzene rings is 1. The van der Waals surface area contributed by atoms with Crippen LogP contribution < -0.4 is 5.32 Å². The molecule has 3 rings (SSSR count). The van der Waals surface area contributed by atoms with Crippen LogP contribution in [0.3, 0.4) is 0 Å². The van der Waals surface area contributed by atoms with Crippen molar-refractivity contribution in [2.24, 2.45) is 0 Å². The van der Waals surface area contributed by atoms with E-state index in [9.17, 15) is 4.39 Å². The standard InChI is InChI=1S/C13H14FNS/c14-10-1-2-13-11(7-10)12(8-16-13)9-3-5-15-6-4-9/h1-2,7-9,15H,3-6H2. The van der Waals surface area contributed by atoms with Gasteiger partial charge in [0.2, 0.25) is 0 Å². The van der Waals surface area contributed by atoms with Crippen molar-refractivity contribution in [3.63, 3.8) is 0 Å². The van der Waals surface area contributed by atoms with E-state index >= 15 is 0 Å². The Morgan fingerprint density at radius 2 is 2.06 bits per heavy atom. The second-order valence-electron chi connectivity index (χ2n) is 4.36. The van der Waals surface area contributed by atoms with Crippen LogP contribution in [0.4, 0.5) is 4.39 Å². The molecule has 0 amide bonds. The van der Waals surface area contributed by atoms with E-state index in [1.54, 1.807) is 23.5 Å². The summed E-state index contributed by atoms with van der Waals surface area (Å²) >= 11 is 1.73. The molecule has 0 atom stereocenters. The molecule has 0 aliphatic carbocycles. The van der Waals surface area contributed by atoms with Crippen molar-refractivity contribution in [2.45, 2.75) is 18.8 Å². The molecular weight excluding hydrogens is 221 g/mol. The molecule has 0 spiro atoms. The van der Waals surface area contributed by atoms with Crippen LogP contribution in [-0.4, -0.2) is 13.1 Å². The molecule has 1 aliphatic heterocycles. The van der Waals surface area contributed by atoms with Gasteiger partial charge in [0.25, 0.3) is 0 Å². The number of nitrogens with one attached hydrogen (secondary N) is 1. The molecule has 1 saturated heterocycles. The SMILES string of the molecule is Fc1ccc2scc(C3CCNCC3)c2c1. The minimum atomic E-state index is -0.124. The number of rotatable bonds is 1. The first-order valence-electron chi connectivity index (χ1n) is 5.72. The van der Waals surface area contributed by atoms with Gasteiger partial charge in [-0.25, -0.2) is 4.39 Å². The van der Waals surface area contributed by atoms with Crippen LogP contribution in [0.5, 0.6) is 0 Å². The first kappa shape index (κ1) is 10.2. The monoisotopic (exact) mass is 235 g/mol. The van der Waals surface area contributed by atoms with Gasteiger partial charge in [-0.3, -0.25) is 0 Å². The number of hydrogen-bond acceptors (Lipinski definition) is 2. The molecular formula is C13H14FNS. The second-order valence-corrected chi connectivity index (χ2v) is 5.27. The second kappa shape index (κ2) is 4.15. The van der Waals surface area contributed by atoms with Crippen LogP contribution in [-0.2, 0) is 0 Å². The summed E-state index contributed by atoms with van der Waals surface area (Å²) in [5.74, 6) is 0.484. The number of thiophene rings is 1. The maximum atomic E-state index is 13.3. The van der Waals surface area contributed by atoms with E-state index in [2.05, 4.69) is 10.7 Å². The molecule has 1 nitrogen and oxygen atoms in total. The third kappa shape index (κ3) is 1.74. The summed E-state index contributed by atoms with van der Waals surface area (Å²) in [5, 5.41) is 6.70. The smallest absolute Gasteiger partial charge is 0.123 e. The van der Waals surface area contributed by atoms with E-state index < -0.39 is 0 Å². The lowest BCUT2D eigenvalue weighted by Crippen LogP contribution is -2.26. The molecule has 3 heteroatoms. The molecule has 0 saturated carbocycles. The molecule has 1 aromatic heterocycles. The minimum absolute atomic E-state index is 0.124. The molecule has 0 radical (unpaired) electrons. The maximum Gasteiger partial charge on any atom is 0.123 e. The molecule has 2 heterocycles. The summed E-state index contributed by atoms with van der Waals surface area (Å²) in [6, 6.07) is 5.12. The molecule has 1 aromatic carbocycles. The highest BCUT2D eigenvalue weighted by atomic mass is 32.1. The van der Waals surface area contributed by atoms with Crippen LogP contribution in [0.15, 0.2) is 23.6 Å².